The van der Waals surface area contributed by atoms with Crippen LogP contribution in [0.25, 0.3) is 0 Å². The van der Waals surface area contributed by atoms with Crippen molar-refractivity contribution in [2.45, 2.75) is 6.92 Å². The fourth-order valence-electron chi connectivity index (χ4n) is 1.74. The lowest BCUT2D eigenvalue weighted by Crippen LogP contribution is -2.36. The molecule has 0 aliphatic rings. The van der Waals surface area contributed by atoms with Gasteiger partial charge in [0.1, 0.15) is 0 Å². The first kappa shape index (κ1) is 16.1. The second-order valence-corrected chi connectivity index (χ2v) is 5.49. The third-order valence-electron chi connectivity index (χ3n) is 2.89. The number of urea groups is 1. The van der Waals surface area contributed by atoms with Crippen LogP contribution in [0.15, 0.2) is 45.5 Å². The molecule has 0 unspecified atom stereocenters. The van der Waals surface area contributed by atoms with E-state index in [0.29, 0.717) is 13.1 Å². The summed E-state index contributed by atoms with van der Waals surface area (Å²) in [6.07, 6.45) is 1.43. The number of furan rings is 1. The highest BCUT2D eigenvalue weighted by molar-refractivity contribution is 9.10. The van der Waals surface area contributed by atoms with Crippen LogP contribution < -0.4 is 16.0 Å². The topological polar surface area (TPSA) is 83.4 Å². The number of halogens is 1. The van der Waals surface area contributed by atoms with Crippen LogP contribution in [-0.4, -0.2) is 25.0 Å². The molecule has 2 rings (SSSR count). The smallest absolute Gasteiger partial charge is 0.319 e. The molecule has 1 aromatic heterocycles. The number of hydrogen-bond donors (Lipinski definition) is 3. The van der Waals surface area contributed by atoms with Crippen LogP contribution in [0.1, 0.15) is 16.1 Å². The summed E-state index contributed by atoms with van der Waals surface area (Å²) in [4.78, 5) is 23.4. The monoisotopic (exact) mass is 365 g/mol. The van der Waals surface area contributed by atoms with E-state index in [-0.39, 0.29) is 17.7 Å². The van der Waals surface area contributed by atoms with Gasteiger partial charge in [-0.05, 0) is 36.8 Å². The minimum absolute atomic E-state index is 0.245. The second kappa shape index (κ2) is 7.65. The molecule has 116 valence electrons. The Morgan fingerprint density at radius 2 is 1.95 bits per heavy atom. The summed E-state index contributed by atoms with van der Waals surface area (Å²) < 4.78 is 5.85. The molecular weight excluding hydrogens is 350 g/mol. The molecule has 2 aromatic rings. The Kier molecular flexibility index (Phi) is 5.60. The largest absolute Gasteiger partial charge is 0.459 e. The lowest BCUT2D eigenvalue weighted by Gasteiger charge is -2.10. The summed E-state index contributed by atoms with van der Waals surface area (Å²) in [5.74, 6) is -0.0655. The minimum atomic E-state index is -0.326. The van der Waals surface area contributed by atoms with Gasteiger partial charge in [0.05, 0.1) is 6.26 Å². The van der Waals surface area contributed by atoms with Gasteiger partial charge >= 0.3 is 6.03 Å². The highest BCUT2D eigenvalue weighted by atomic mass is 79.9. The van der Waals surface area contributed by atoms with Crippen molar-refractivity contribution < 1.29 is 14.0 Å². The summed E-state index contributed by atoms with van der Waals surface area (Å²) in [5.41, 5.74) is 1.69. The van der Waals surface area contributed by atoms with E-state index in [4.69, 9.17) is 4.42 Å². The van der Waals surface area contributed by atoms with Gasteiger partial charge in [-0.1, -0.05) is 22.0 Å². The molecule has 3 amide bonds. The number of carbonyl (C=O) groups is 2. The molecule has 22 heavy (non-hydrogen) atoms. The Morgan fingerprint density at radius 3 is 2.68 bits per heavy atom. The SMILES string of the molecule is Cc1ccc(Br)cc1NC(=O)NCCNC(=O)c1ccco1. The fourth-order valence-corrected chi connectivity index (χ4v) is 2.10. The average molecular weight is 366 g/mol. The zero-order chi connectivity index (χ0) is 15.9. The van der Waals surface area contributed by atoms with Gasteiger partial charge in [0, 0.05) is 23.2 Å². The van der Waals surface area contributed by atoms with E-state index < -0.39 is 0 Å². The Bertz CT molecular complexity index is 656. The van der Waals surface area contributed by atoms with E-state index in [1.165, 1.54) is 6.26 Å². The van der Waals surface area contributed by atoms with Crippen LogP contribution in [0.4, 0.5) is 10.5 Å². The van der Waals surface area contributed by atoms with E-state index in [9.17, 15) is 9.59 Å². The molecule has 3 N–H and O–H groups in total. The number of carbonyl (C=O) groups excluding carboxylic acids is 2. The van der Waals surface area contributed by atoms with Crippen molar-refractivity contribution in [2.24, 2.45) is 0 Å². The van der Waals surface area contributed by atoms with E-state index >= 15 is 0 Å². The zero-order valence-corrected chi connectivity index (χ0v) is 13.6. The number of amides is 3. The van der Waals surface area contributed by atoms with Gasteiger partial charge in [-0.2, -0.15) is 0 Å². The van der Waals surface area contributed by atoms with Gasteiger partial charge in [0.15, 0.2) is 5.76 Å². The number of benzene rings is 1. The Balaban J connectivity index is 1.72. The maximum atomic E-state index is 11.8. The van der Waals surface area contributed by atoms with E-state index in [1.54, 1.807) is 12.1 Å². The van der Waals surface area contributed by atoms with Crippen molar-refractivity contribution in [1.29, 1.82) is 0 Å². The maximum absolute atomic E-state index is 11.8. The van der Waals surface area contributed by atoms with Crippen LogP contribution >= 0.6 is 15.9 Å². The molecule has 0 atom stereocenters. The van der Waals surface area contributed by atoms with E-state index in [1.807, 2.05) is 25.1 Å². The molecule has 0 aliphatic heterocycles. The van der Waals surface area contributed by atoms with Crippen molar-refractivity contribution in [1.82, 2.24) is 10.6 Å². The van der Waals surface area contributed by atoms with Crippen LogP contribution in [0.3, 0.4) is 0 Å². The standard InChI is InChI=1S/C15H16BrN3O3/c1-10-4-5-11(16)9-12(10)19-15(21)18-7-6-17-14(20)13-3-2-8-22-13/h2-5,8-9H,6-7H2,1H3,(H,17,20)(H2,18,19,21). The first-order valence-electron chi connectivity index (χ1n) is 6.69. The Labute approximate surface area is 136 Å². The van der Waals surface area contributed by atoms with Gasteiger partial charge in [0.2, 0.25) is 0 Å². The quantitative estimate of drug-likeness (QED) is 0.712. The predicted octanol–water partition coefficient (Wildman–Crippen LogP) is 2.90. The third kappa shape index (κ3) is 4.63. The molecule has 0 aliphatic carbocycles. The summed E-state index contributed by atoms with van der Waals surface area (Å²) in [6.45, 7) is 2.53. The first-order chi connectivity index (χ1) is 10.6. The molecule has 6 nitrogen and oxygen atoms in total. The number of hydrogen-bond acceptors (Lipinski definition) is 3. The normalized spacial score (nSPS) is 10.1. The first-order valence-corrected chi connectivity index (χ1v) is 7.48. The third-order valence-corrected chi connectivity index (χ3v) is 3.38. The van der Waals surface area contributed by atoms with Gasteiger partial charge in [-0.3, -0.25) is 4.79 Å². The number of anilines is 1. The lowest BCUT2D eigenvalue weighted by molar-refractivity contribution is 0.0926. The van der Waals surface area contributed by atoms with Crippen molar-refractivity contribution in [2.75, 3.05) is 18.4 Å². The summed E-state index contributed by atoms with van der Waals surface area (Å²) in [6, 6.07) is 8.53. The van der Waals surface area contributed by atoms with Crippen molar-refractivity contribution in [3.8, 4) is 0 Å². The van der Waals surface area contributed by atoms with Crippen molar-refractivity contribution in [3.63, 3.8) is 0 Å². The fraction of sp³-hybridized carbons (Fsp3) is 0.200. The molecule has 0 spiro atoms. The van der Waals surface area contributed by atoms with Crippen LogP contribution in [-0.2, 0) is 0 Å². The summed E-state index contributed by atoms with van der Waals surface area (Å²) >= 11 is 3.36. The van der Waals surface area contributed by atoms with Crippen LogP contribution in [0, 0.1) is 6.92 Å². The van der Waals surface area contributed by atoms with Crippen LogP contribution in [0.2, 0.25) is 0 Å². The van der Waals surface area contributed by atoms with Crippen molar-refractivity contribution >= 4 is 33.6 Å². The molecule has 0 fully saturated rings. The second-order valence-electron chi connectivity index (χ2n) is 4.57. The number of rotatable bonds is 5. The molecule has 0 bridgehead atoms. The average Bonchev–Trinajstić information content (AvgIpc) is 3.01. The molecular formula is C15H16BrN3O3. The van der Waals surface area contributed by atoms with Crippen molar-refractivity contribution in [3.05, 3.63) is 52.4 Å². The molecule has 0 saturated carbocycles. The molecule has 0 radical (unpaired) electrons. The van der Waals surface area contributed by atoms with E-state index in [0.717, 1.165) is 15.7 Å². The Hall–Kier alpha value is -2.28. The van der Waals surface area contributed by atoms with Gasteiger partial charge in [0.25, 0.3) is 5.91 Å². The minimum Gasteiger partial charge on any atom is -0.459 e. The summed E-state index contributed by atoms with van der Waals surface area (Å²) in [5, 5.41) is 8.07. The molecule has 1 aromatic carbocycles. The van der Waals surface area contributed by atoms with Gasteiger partial charge < -0.3 is 20.4 Å². The summed E-state index contributed by atoms with van der Waals surface area (Å²) in [7, 11) is 0. The zero-order valence-electron chi connectivity index (χ0n) is 12.0. The maximum Gasteiger partial charge on any atom is 0.319 e. The molecule has 1 heterocycles. The molecule has 0 saturated heterocycles. The highest BCUT2D eigenvalue weighted by Gasteiger charge is 2.08. The Morgan fingerprint density at radius 1 is 1.18 bits per heavy atom. The number of nitrogens with one attached hydrogen (secondary N) is 3. The highest BCUT2D eigenvalue weighted by Crippen LogP contribution is 2.20. The number of aryl methyl sites for hydroxylation is 1. The molecule has 7 heteroatoms. The van der Waals surface area contributed by atoms with E-state index in [2.05, 4.69) is 31.9 Å². The van der Waals surface area contributed by atoms with Gasteiger partial charge in [-0.25, -0.2) is 4.79 Å². The van der Waals surface area contributed by atoms with Crippen LogP contribution in [0.5, 0.6) is 0 Å². The lowest BCUT2D eigenvalue weighted by atomic mass is 10.2. The predicted molar refractivity (Wildman–Crippen MR) is 86.9 cm³/mol. The van der Waals surface area contributed by atoms with Gasteiger partial charge in [-0.15, -0.1) is 0 Å².